The highest BCUT2D eigenvalue weighted by atomic mass is 32.2. The van der Waals surface area contributed by atoms with Gasteiger partial charge in [-0.15, -0.1) is 5.10 Å². The van der Waals surface area contributed by atoms with E-state index in [1.165, 1.54) is 12.1 Å². The minimum absolute atomic E-state index is 0.127. The summed E-state index contributed by atoms with van der Waals surface area (Å²) in [4.78, 5) is 4.49. The first-order chi connectivity index (χ1) is 15.0. The monoisotopic (exact) mass is 457 g/mol. The fourth-order valence-electron chi connectivity index (χ4n) is 3.16. The lowest BCUT2D eigenvalue weighted by molar-refractivity contribution is 0.491. The Bertz CT molecular complexity index is 1410. The third-order valence-corrected chi connectivity index (χ3v) is 6.17. The van der Waals surface area contributed by atoms with Crippen LogP contribution in [0.25, 0.3) is 16.9 Å². The lowest BCUT2D eigenvalue weighted by Gasteiger charge is -2.20. The zero-order valence-electron chi connectivity index (χ0n) is 17.6. The Labute approximate surface area is 184 Å². The van der Waals surface area contributed by atoms with Crippen molar-refractivity contribution < 1.29 is 17.2 Å². The molecule has 0 spiro atoms. The quantitative estimate of drug-likeness (QED) is 0.461. The molecule has 2 heterocycles. The Kier molecular flexibility index (Phi) is 5.43. The summed E-state index contributed by atoms with van der Waals surface area (Å²) in [7, 11) is -3.72. The van der Waals surface area contributed by atoms with Crippen LogP contribution in [-0.4, -0.2) is 28.6 Å². The summed E-state index contributed by atoms with van der Waals surface area (Å²) < 4.78 is 56.3. The first-order valence-electron chi connectivity index (χ1n) is 9.74. The second-order valence-electron chi connectivity index (χ2n) is 8.25. The Morgan fingerprint density at radius 2 is 1.69 bits per heavy atom. The molecule has 2 N–H and O–H groups in total. The van der Waals surface area contributed by atoms with E-state index in [2.05, 4.69) is 20.1 Å². The van der Waals surface area contributed by atoms with Crippen molar-refractivity contribution >= 4 is 27.3 Å². The number of nitrogens with zero attached hydrogens (tertiary/aromatic N) is 3. The van der Waals surface area contributed by atoms with Crippen LogP contribution in [-0.2, 0) is 10.0 Å². The summed E-state index contributed by atoms with van der Waals surface area (Å²) in [6.07, 6.45) is 0. The number of pyridine rings is 1. The molecule has 0 fully saturated rings. The standard InChI is InChI=1S/C22H21F2N5O2S/c1-22(2,3)28-32(30,31)16-7-4-6-14(12-16)19-8-5-9-20-26-21(27-29(19)20)25-15-10-11-17(23)18(24)13-15/h4-13,28H,1-3H3,(H,25,27). The van der Waals surface area contributed by atoms with Gasteiger partial charge in [0.2, 0.25) is 16.0 Å². The van der Waals surface area contributed by atoms with E-state index in [0.29, 0.717) is 22.6 Å². The minimum Gasteiger partial charge on any atom is -0.323 e. The van der Waals surface area contributed by atoms with Crippen LogP contribution in [0.5, 0.6) is 0 Å². The van der Waals surface area contributed by atoms with Crippen LogP contribution in [0.15, 0.2) is 65.6 Å². The Hall–Kier alpha value is -3.37. The second kappa shape index (κ2) is 7.95. The molecular formula is C22H21F2N5O2S. The Balaban J connectivity index is 1.72. The van der Waals surface area contributed by atoms with Crippen molar-refractivity contribution in [2.75, 3.05) is 5.32 Å². The summed E-state index contributed by atoms with van der Waals surface area (Å²) in [5, 5.41) is 7.25. The number of aromatic nitrogens is 3. The fourth-order valence-corrected chi connectivity index (χ4v) is 4.63. The second-order valence-corrected chi connectivity index (χ2v) is 9.94. The summed E-state index contributed by atoms with van der Waals surface area (Å²) in [5.74, 6) is -1.75. The predicted molar refractivity (Wildman–Crippen MR) is 118 cm³/mol. The first kappa shape index (κ1) is 21.8. The van der Waals surface area contributed by atoms with E-state index in [4.69, 9.17) is 0 Å². The van der Waals surface area contributed by atoms with Crippen LogP contribution in [0, 0.1) is 11.6 Å². The van der Waals surface area contributed by atoms with Gasteiger partial charge in [-0.05, 0) is 57.2 Å². The van der Waals surface area contributed by atoms with Crippen molar-refractivity contribution in [1.29, 1.82) is 0 Å². The van der Waals surface area contributed by atoms with Crippen molar-refractivity contribution in [3.63, 3.8) is 0 Å². The highest BCUT2D eigenvalue weighted by molar-refractivity contribution is 7.89. The van der Waals surface area contributed by atoms with Gasteiger partial charge in [0, 0.05) is 22.9 Å². The van der Waals surface area contributed by atoms with Crippen LogP contribution >= 0.6 is 0 Å². The summed E-state index contributed by atoms with van der Waals surface area (Å²) in [6.45, 7) is 5.31. The van der Waals surface area contributed by atoms with Crippen molar-refractivity contribution in [2.45, 2.75) is 31.2 Å². The number of rotatable bonds is 5. The normalized spacial score (nSPS) is 12.3. The molecule has 4 aromatic rings. The highest BCUT2D eigenvalue weighted by Gasteiger charge is 2.22. The molecule has 32 heavy (non-hydrogen) atoms. The van der Waals surface area contributed by atoms with Gasteiger partial charge in [-0.3, -0.25) is 0 Å². The molecule has 0 unspecified atom stereocenters. The number of hydrogen-bond donors (Lipinski definition) is 2. The van der Waals surface area contributed by atoms with E-state index in [0.717, 1.165) is 12.1 Å². The zero-order valence-corrected chi connectivity index (χ0v) is 18.4. The third kappa shape index (κ3) is 4.61. The number of nitrogens with one attached hydrogen (secondary N) is 2. The maximum atomic E-state index is 13.5. The molecule has 0 saturated carbocycles. The van der Waals surface area contributed by atoms with Crippen LogP contribution in [0.1, 0.15) is 20.8 Å². The molecule has 166 valence electrons. The molecule has 0 amide bonds. The van der Waals surface area contributed by atoms with Crippen molar-refractivity contribution in [3.8, 4) is 11.3 Å². The topological polar surface area (TPSA) is 88.4 Å². The summed E-state index contributed by atoms with van der Waals surface area (Å²) in [6, 6.07) is 15.2. The number of hydrogen-bond acceptors (Lipinski definition) is 5. The average Bonchev–Trinajstić information content (AvgIpc) is 3.11. The van der Waals surface area contributed by atoms with E-state index in [1.807, 2.05) is 0 Å². The maximum Gasteiger partial charge on any atom is 0.247 e. The van der Waals surface area contributed by atoms with Gasteiger partial charge in [-0.1, -0.05) is 18.2 Å². The van der Waals surface area contributed by atoms with Gasteiger partial charge in [0.25, 0.3) is 0 Å². The summed E-state index contributed by atoms with van der Waals surface area (Å²) in [5.41, 5.74) is 1.40. The van der Waals surface area contributed by atoms with Crippen molar-refractivity contribution in [1.82, 2.24) is 19.3 Å². The molecule has 2 aromatic carbocycles. The van der Waals surface area contributed by atoms with E-state index in [9.17, 15) is 17.2 Å². The number of benzene rings is 2. The largest absolute Gasteiger partial charge is 0.323 e. The zero-order chi connectivity index (χ0) is 23.1. The van der Waals surface area contributed by atoms with Gasteiger partial charge >= 0.3 is 0 Å². The molecule has 0 aliphatic heterocycles. The molecule has 0 saturated heterocycles. The van der Waals surface area contributed by atoms with E-state index in [1.54, 1.807) is 61.7 Å². The van der Waals surface area contributed by atoms with Gasteiger partial charge in [0.15, 0.2) is 17.3 Å². The van der Waals surface area contributed by atoms with Gasteiger partial charge in [0.1, 0.15) is 0 Å². The third-order valence-electron chi connectivity index (χ3n) is 4.42. The molecule has 0 aliphatic carbocycles. The smallest absolute Gasteiger partial charge is 0.247 e. The highest BCUT2D eigenvalue weighted by Crippen LogP contribution is 2.25. The first-order valence-corrected chi connectivity index (χ1v) is 11.2. The van der Waals surface area contributed by atoms with Crippen LogP contribution in [0.4, 0.5) is 20.4 Å². The molecule has 0 atom stereocenters. The molecular weight excluding hydrogens is 436 g/mol. The molecule has 0 radical (unpaired) electrons. The van der Waals surface area contributed by atoms with Crippen LogP contribution < -0.4 is 10.0 Å². The molecule has 0 bridgehead atoms. The summed E-state index contributed by atoms with van der Waals surface area (Å²) >= 11 is 0. The van der Waals surface area contributed by atoms with Crippen LogP contribution in [0.3, 0.4) is 0 Å². The van der Waals surface area contributed by atoms with E-state index in [-0.39, 0.29) is 10.8 Å². The van der Waals surface area contributed by atoms with Crippen molar-refractivity contribution in [3.05, 3.63) is 72.3 Å². The van der Waals surface area contributed by atoms with Gasteiger partial charge in [0.05, 0.1) is 10.6 Å². The lowest BCUT2D eigenvalue weighted by Crippen LogP contribution is -2.40. The maximum absolute atomic E-state index is 13.5. The lowest BCUT2D eigenvalue weighted by atomic mass is 10.1. The van der Waals surface area contributed by atoms with Crippen LogP contribution in [0.2, 0.25) is 0 Å². The molecule has 7 nitrogen and oxygen atoms in total. The number of sulfonamides is 1. The van der Waals surface area contributed by atoms with Crippen molar-refractivity contribution in [2.24, 2.45) is 0 Å². The van der Waals surface area contributed by atoms with Gasteiger partial charge in [-0.2, -0.15) is 4.98 Å². The average molecular weight is 458 g/mol. The number of fused-ring (bicyclic) bond motifs is 1. The number of anilines is 2. The van der Waals surface area contributed by atoms with E-state index >= 15 is 0 Å². The Morgan fingerprint density at radius 3 is 2.41 bits per heavy atom. The van der Waals surface area contributed by atoms with Gasteiger partial charge in [-0.25, -0.2) is 26.4 Å². The van der Waals surface area contributed by atoms with E-state index < -0.39 is 27.2 Å². The molecule has 10 heteroatoms. The Morgan fingerprint density at radius 1 is 0.938 bits per heavy atom. The predicted octanol–water partition coefficient (Wildman–Crippen LogP) is 4.49. The molecule has 2 aromatic heterocycles. The number of halogens is 2. The molecule has 4 rings (SSSR count). The van der Waals surface area contributed by atoms with Gasteiger partial charge < -0.3 is 5.32 Å². The molecule has 0 aliphatic rings. The minimum atomic E-state index is -3.72. The SMILES string of the molecule is CC(C)(C)NS(=O)(=O)c1cccc(-c2cccc3nc(Nc4ccc(F)c(F)c4)nn23)c1. The fraction of sp³-hybridized carbons (Fsp3) is 0.182.